The van der Waals surface area contributed by atoms with Crippen molar-refractivity contribution in [2.24, 2.45) is 5.92 Å². The fourth-order valence-electron chi connectivity index (χ4n) is 5.36. The maximum atomic E-state index is 14.1. The molecule has 7 heteroatoms. The lowest BCUT2D eigenvalue weighted by atomic mass is 9.95. The smallest absolute Gasteiger partial charge is 0.312 e. The summed E-state index contributed by atoms with van der Waals surface area (Å²) in [6, 6.07) is 4.38. The molecule has 2 aliphatic rings. The van der Waals surface area contributed by atoms with E-state index >= 15 is 0 Å². The zero-order chi connectivity index (χ0) is 22.2. The van der Waals surface area contributed by atoms with E-state index in [9.17, 15) is 4.39 Å². The molecule has 1 aromatic carbocycles. The lowest BCUT2D eigenvalue weighted by molar-refractivity contribution is 0.197. The standard InChI is InChI=1S/C25H29FN6/c1-3-17-12-18-7-4-8-19(18)13-20(17)14-21-28-22-23(27)29-25(26)30-24(22)32(21)11-9-16-6-5-10-31(2)15-16/h1,12-13,16H,4-11,14-15H2,2H3,(H2,27,29,30). The van der Waals surface area contributed by atoms with Crippen LogP contribution in [0.4, 0.5) is 10.2 Å². The lowest BCUT2D eigenvalue weighted by Gasteiger charge is -2.29. The van der Waals surface area contributed by atoms with Gasteiger partial charge in [-0.1, -0.05) is 12.0 Å². The van der Waals surface area contributed by atoms with Gasteiger partial charge in [0.1, 0.15) is 5.82 Å². The van der Waals surface area contributed by atoms with Crippen LogP contribution in [0.3, 0.4) is 0 Å². The quantitative estimate of drug-likeness (QED) is 0.495. The normalized spacial score (nSPS) is 18.7. The molecule has 0 saturated carbocycles. The summed E-state index contributed by atoms with van der Waals surface area (Å²) in [4.78, 5) is 14.9. The number of likely N-dealkylation sites (tertiary alicyclic amines) is 1. The second-order valence-electron chi connectivity index (χ2n) is 9.24. The molecule has 166 valence electrons. The first-order valence-electron chi connectivity index (χ1n) is 11.5. The molecule has 2 aromatic heterocycles. The molecule has 32 heavy (non-hydrogen) atoms. The molecule has 0 spiro atoms. The van der Waals surface area contributed by atoms with Gasteiger partial charge in [-0.25, -0.2) is 4.98 Å². The molecule has 2 N–H and O–H groups in total. The number of aryl methyl sites for hydroxylation is 3. The summed E-state index contributed by atoms with van der Waals surface area (Å²) < 4.78 is 16.1. The third-order valence-electron chi connectivity index (χ3n) is 6.98. The van der Waals surface area contributed by atoms with Crippen molar-refractivity contribution in [1.82, 2.24) is 24.4 Å². The Labute approximate surface area is 188 Å². The van der Waals surface area contributed by atoms with E-state index in [0.29, 0.717) is 23.5 Å². The molecule has 1 atom stereocenters. The third kappa shape index (κ3) is 3.95. The number of hydrogen-bond acceptors (Lipinski definition) is 5. The molecular weight excluding hydrogens is 403 g/mol. The van der Waals surface area contributed by atoms with Crippen molar-refractivity contribution in [2.45, 2.75) is 51.5 Å². The van der Waals surface area contributed by atoms with Crippen LogP contribution in [0.5, 0.6) is 0 Å². The van der Waals surface area contributed by atoms with Crippen molar-refractivity contribution in [2.75, 3.05) is 25.9 Å². The number of piperidine rings is 1. The van der Waals surface area contributed by atoms with E-state index in [4.69, 9.17) is 17.1 Å². The Kier molecular flexibility index (Phi) is 5.56. The zero-order valence-electron chi connectivity index (χ0n) is 18.6. The number of nitrogens with zero attached hydrogens (tertiary/aromatic N) is 5. The predicted molar refractivity (Wildman–Crippen MR) is 124 cm³/mol. The molecule has 0 bridgehead atoms. The maximum absolute atomic E-state index is 14.1. The minimum atomic E-state index is -0.818. The predicted octanol–water partition coefficient (Wildman–Crippen LogP) is 3.34. The summed E-state index contributed by atoms with van der Waals surface area (Å²) in [5, 5.41) is 0. The third-order valence-corrected chi connectivity index (χ3v) is 6.98. The number of nitrogens with two attached hydrogens (primary N) is 1. The molecule has 5 rings (SSSR count). The molecule has 1 saturated heterocycles. The Morgan fingerprint density at radius 2 is 2.00 bits per heavy atom. The van der Waals surface area contributed by atoms with E-state index in [2.05, 4.69) is 40.0 Å². The van der Waals surface area contributed by atoms with Crippen LogP contribution in [-0.4, -0.2) is 44.6 Å². The average Bonchev–Trinajstić information content (AvgIpc) is 3.36. The number of fused-ring (bicyclic) bond motifs is 2. The van der Waals surface area contributed by atoms with Gasteiger partial charge in [0.2, 0.25) is 0 Å². The first kappa shape index (κ1) is 20.9. The van der Waals surface area contributed by atoms with Crippen molar-refractivity contribution in [3.63, 3.8) is 0 Å². The van der Waals surface area contributed by atoms with E-state index in [1.807, 2.05) is 4.57 Å². The summed E-state index contributed by atoms with van der Waals surface area (Å²) in [6.07, 6.45) is 12.4. The summed E-state index contributed by atoms with van der Waals surface area (Å²) in [6.45, 7) is 2.95. The fraction of sp³-hybridized carbons (Fsp3) is 0.480. The highest BCUT2D eigenvalue weighted by molar-refractivity contribution is 5.82. The van der Waals surface area contributed by atoms with Gasteiger partial charge in [0.05, 0.1) is 0 Å². The monoisotopic (exact) mass is 432 g/mol. The minimum Gasteiger partial charge on any atom is -0.382 e. The van der Waals surface area contributed by atoms with Gasteiger partial charge in [0, 0.05) is 25.1 Å². The highest BCUT2D eigenvalue weighted by Crippen LogP contribution is 2.29. The highest BCUT2D eigenvalue weighted by atomic mass is 19.1. The number of rotatable bonds is 5. The Morgan fingerprint density at radius 3 is 2.78 bits per heavy atom. The number of nitrogen functional groups attached to an aromatic ring is 1. The van der Waals surface area contributed by atoms with E-state index < -0.39 is 6.08 Å². The molecule has 3 heterocycles. The number of aromatic nitrogens is 4. The van der Waals surface area contributed by atoms with Gasteiger partial charge in [0.15, 0.2) is 17.0 Å². The summed E-state index contributed by atoms with van der Waals surface area (Å²) in [5.41, 5.74) is 11.7. The van der Waals surface area contributed by atoms with Crippen LogP contribution in [-0.2, 0) is 25.8 Å². The van der Waals surface area contributed by atoms with Crippen LogP contribution in [0.25, 0.3) is 11.2 Å². The number of anilines is 1. The van der Waals surface area contributed by atoms with Crippen LogP contribution >= 0.6 is 0 Å². The number of benzene rings is 1. The van der Waals surface area contributed by atoms with E-state index in [1.54, 1.807) is 0 Å². The first-order valence-corrected chi connectivity index (χ1v) is 11.5. The Bertz CT molecular complexity index is 1210. The average molecular weight is 433 g/mol. The van der Waals surface area contributed by atoms with Gasteiger partial charge in [-0.05, 0) is 80.8 Å². The summed E-state index contributed by atoms with van der Waals surface area (Å²) >= 11 is 0. The van der Waals surface area contributed by atoms with Crippen molar-refractivity contribution >= 4 is 17.0 Å². The largest absolute Gasteiger partial charge is 0.382 e. The molecule has 0 amide bonds. The number of halogens is 1. The van der Waals surface area contributed by atoms with Crippen molar-refractivity contribution in [3.05, 3.63) is 46.3 Å². The fourth-order valence-corrected chi connectivity index (χ4v) is 5.36. The van der Waals surface area contributed by atoms with Gasteiger partial charge in [-0.3, -0.25) is 0 Å². The Morgan fingerprint density at radius 1 is 1.19 bits per heavy atom. The number of hydrogen-bond donors (Lipinski definition) is 1. The van der Waals surface area contributed by atoms with E-state index in [-0.39, 0.29) is 5.82 Å². The molecule has 0 radical (unpaired) electrons. The summed E-state index contributed by atoms with van der Waals surface area (Å²) in [5.74, 6) is 4.34. The van der Waals surface area contributed by atoms with Gasteiger partial charge in [0.25, 0.3) is 0 Å². The van der Waals surface area contributed by atoms with Crippen molar-refractivity contribution in [3.8, 4) is 12.3 Å². The Balaban J connectivity index is 1.52. The van der Waals surface area contributed by atoms with Gasteiger partial charge in [-0.2, -0.15) is 14.4 Å². The summed E-state index contributed by atoms with van der Waals surface area (Å²) in [7, 11) is 2.17. The molecule has 6 nitrogen and oxygen atoms in total. The van der Waals surface area contributed by atoms with Gasteiger partial charge in [-0.15, -0.1) is 6.42 Å². The van der Waals surface area contributed by atoms with Crippen LogP contribution < -0.4 is 5.73 Å². The van der Waals surface area contributed by atoms with Gasteiger partial charge < -0.3 is 15.2 Å². The van der Waals surface area contributed by atoms with Crippen LogP contribution in [0.1, 0.15) is 53.8 Å². The van der Waals surface area contributed by atoms with E-state index in [1.165, 1.54) is 30.4 Å². The minimum absolute atomic E-state index is 0.0797. The molecular formula is C25H29FN6. The second kappa shape index (κ2) is 8.51. The van der Waals surface area contributed by atoms with Crippen molar-refractivity contribution in [1.29, 1.82) is 0 Å². The van der Waals surface area contributed by atoms with Crippen LogP contribution in [0.15, 0.2) is 12.1 Å². The lowest BCUT2D eigenvalue weighted by Crippen LogP contribution is -2.32. The zero-order valence-corrected chi connectivity index (χ0v) is 18.6. The van der Waals surface area contributed by atoms with E-state index in [0.717, 1.165) is 55.8 Å². The molecule has 3 aromatic rings. The number of imidazole rings is 1. The highest BCUT2D eigenvalue weighted by Gasteiger charge is 2.22. The number of terminal acetylenes is 1. The molecule has 1 unspecified atom stereocenters. The SMILES string of the molecule is C#Cc1cc2c(cc1Cc1nc3c(N)nc(F)nc3n1CCC1CCCN(C)C1)CCC2. The van der Waals surface area contributed by atoms with Crippen molar-refractivity contribution < 1.29 is 4.39 Å². The second-order valence-corrected chi connectivity index (χ2v) is 9.24. The molecule has 1 fully saturated rings. The Hall–Kier alpha value is -2.98. The topological polar surface area (TPSA) is 72.9 Å². The first-order chi connectivity index (χ1) is 15.5. The van der Waals surface area contributed by atoms with Crippen LogP contribution in [0, 0.1) is 24.3 Å². The molecule has 1 aliphatic carbocycles. The maximum Gasteiger partial charge on any atom is 0.312 e. The van der Waals surface area contributed by atoms with Gasteiger partial charge >= 0.3 is 6.08 Å². The molecule has 1 aliphatic heterocycles. The van der Waals surface area contributed by atoms with Crippen LogP contribution in [0.2, 0.25) is 0 Å².